The summed E-state index contributed by atoms with van der Waals surface area (Å²) in [5.74, 6) is 1.02. The lowest BCUT2D eigenvalue weighted by molar-refractivity contribution is 0.0928. The van der Waals surface area contributed by atoms with Crippen molar-refractivity contribution in [3.05, 3.63) is 58.1 Å². The molecule has 0 saturated heterocycles. The van der Waals surface area contributed by atoms with Crippen molar-refractivity contribution in [1.29, 1.82) is 0 Å². The van der Waals surface area contributed by atoms with Gasteiger partial charge in [0, 0.05) is 23.1 Å². The van der Waals surface area contributed by atoms with Gasteiger partial charge < -0.3 is 19.7 Å². The zero-order valence-corrected chi connectivity index (χ0v) is 18.8. The molecule has 6 heteroatoms. The van der Waals surface area contributed by atoms with Crippen LogP contribution in [0.15, 0.2) is 46.9 Å². The molecule has 152 valence electrons. The Morgan fingerprint density at radius 2 is 1.79 bits per heavy atom. The van der Waals surface area contributed by atoms with Crippen molar-refractivity contribution in [3.8, 4) is 11.5 Å². The third-order valence-electron chi connectivity index (χ3n) is 4.21. The molecule has 0 fully saturated rings. The maximum absolute atomic E-state index is 12.5. The number of ether oxygens (including phenoxy) is 2. The molecule has 1 amide bonds. The smallest absolute Gasteiger partial charge is 0.251 e. The van der Waals surface area contributed by atoms with E-state index in [4.69, 9.17) is 9.47 Å². The maximum Gasteiger partial charge on any atom is 0.251 e. The summed E-state index contributed by atoms with van der Waals surface area (Å²) in [7, 11) is 5.63. The zero-order chi connectivity index (χ0) is 20.7. The Bertz CT molecular complexity index is 789. The first kappa shape index (κ1) is 22.2. The van der Waals surface area contributed by atoms with Gasteiger partial charge in [-0.25, -0.2) is 0 Å². The Morgan fingerprint density at radius 1 is 1.11 bits per heavy atom. The summed E-state index contributed by atoms with van der Waals surface area (Å²) in [6.07, 6.45) is 0. The summed E-state index contributed by atoms with van der Waals surface area (Å²) in [5.41, 5.74) is 1.58. The molecule has 0 aromatic heterocycles. The van der Waals surface area contributed by atoms with Crippen LogP contribution in [0.25, 0.3) is 0 Å². The lowest BCUT2D eigenvalue weighted by atomic mass is 9.93. The van der Waals surface area contributed by atoms with E-state index in [1.807, 2.05) is 38.4 Å². The highest BCUT2D eigenvalue weighted by molar-refractivity contribution is 9.10. The number of benzene rings is 2. The standard InChI is InChI=1S/C22H29BrN2O3/c1-22(2,15-25(3)4)14-24-21(26)17-8-11-19(20(12-17)27-5)28-13-16-6-9-18(23)10-7-16/h6-12H,13-15H2,1-5H3,(H,24,26). The van der Waals surface area contributed by atoms with E-state index >= 15 is 0 Å². The highest BCUT2D eigenvalue weighted by Crippen LogP contribution is 2.29. The number of hydrogen-bond donors (Lipinski definition) is 1. The van der Waals surface area contributed by atoms with Crippen LogP contribution in [-0.2, 0) is 6.61 Å². The summed E-state index contributed by atoms with van der Waals surface area (Å²) < 4.78 is 12.3. The number of carbonyl (C=O) groups is 1. The van der Waals surface area contributed by atoms with E-state index in [0.29, 0.717) is 30.2 Å². The SMILES string of the molecule is COc1cc(C(=O)NCC(C)(C)CN(C)C)ccc1OCc1ccc(Br)cc1. The Balaban J connectivity index is 2.01. The fourth-order valence-corrected chi connectivity index (χ4v) is 3.27. The summed E-state index contributed by atoms with van der Waals surface area (Å²) in [4.78, 5) is 14.7. The van der Waals surface area contributed by atoms with Crippen LogP contribution in [0.3, 0.4) is 0 Å². The second-order valence-electron chi connectivity index (χ2n) is 7.87. The van der Waals surface area contributed by atoms with Crippen molar-refractivity contribution >= 4 is 21.8 Å². The molecule has 0 unspecified atom stereocenters. The number of methoxy groups -OCH3 is 1. The van der Waals surface area contributed by atoms with Crippen molar-refractivity contribution in [2.24, 2.45) is 5.41 Å². The number of nitrogens with one attached hydrogen (secondary N) is 1. The minimum atomic E-state index is -0.121. The fraction of sp³-hybridized carbons (Fsp3) is 0.409. The average molecular weight is 449 g/mol. The third-order valence-corrected chi connectivity index (χ3v) is 4.73. The monoisotopic (exact) mass is 448 g/mol. The van der Waals surface area contributed by atoms with Crippen LogP contribution in [0, 0.1) is 5.41 Å². The lowest BCUT2D eigenvalue weighted by Crippen LogP contribution is -2.39. The van der Waals surface area contributed by atoms with Gasteiger partial charge in [-0.05, 0) is 55.4 Å². The third kappa shape index (κ3) is 6.84. The van der Waals surface area contributed by atoms with Gasteiger partial charge in [0.05, 0.1) is 7.11 Å². The van der Waals surface area contributed by atoms with Gasteiger partial charge >= 0.3 is 0 Å². The molecule has 0 aliphatic rings. The molecule has 2 aromatic carbocycles. The molecular formula is C22H29BrN2O3. The fourth-order valence-electron chi connectivity index (χ4n) is 3.00. The normalized spacial score (nSPS) is 11.4. The predicted octanol–water partition coefficient (Wildman–Crippen LogP) is 4.35. The van der Waals surface area contributed by atoms with E-state index < -0.39 is 0 Å². The number of carbonyl (C=O) groups excluding carboxylic acids is 1. The molecule has 0 saturated carbocycles. The van der Waals surface area contributed by atoms with E-state index in [2.05, 4.69) is 40.0 Å². The van der Waals surface area contributed by atoms with Gasteiger partial charge in [0.25, 0.3) is 5.91 Å². The molecule has 1 N–H and O–H groups in total. The molecule has 5 nitrogen and oxygen atoms in total. The van der Waals surface area contributed by atoms with Gasteiger partial charge in [-0.3, -0.25) is 4.79 Å². The average Bonchev–Trinajstić information content (AvgIpc) is 2.64. The number of hydrogen-bond acceptors (Lipinski definition) is 4. The van der Waals surface area contributed by atoms with E-state index in [1.165, 1.54) is 0 Å². The van der Waals surface area contributed by atoms with Gasteiger partial charge in [-0.2, -0.15) is 0 Å². The first-order chi connectivity index (χ1) is 13.2. The Hall–Kier alpha value is -2.05. The van der Waals surface area contributed by atoms with Crippen LogP contribution in [0.4, 0.5) is 0 Å². The van der Waals surface area contributed by atoms with Crippen molar-refractivity contribution in [3.63, 3.8) is 0 Å². The minimum Gasteiger partial charge on any atom is -0.493 e. The van der Waals surface area contributed by atoms with Gasteiger partial charge in [-0.15, -0.1) is 0 Å². The summed E-state index contributed by atoms with van der Waals surface area (Å²) >= 11 is 3.42. The van der Waals surface area contributed by atoms with Gasteiger partial charge in [0.1, 0.15) is 6.61 Å². The van der Waals surface area contributed by atoms with Crippen LogP contribution < -0.4 is 14.8 Å². The highest BCUT2D eigenvalue weighted by Gasteiger charge is 2.20. The van der Waals surface area contributed by atoms with Gasteiger partial charge in [0.2, 0.25) is 0 Å². The van der Waals surface area contributed by atoms with Gasteiger partial charge in [0.15, 0.2) is 11.5 Å². The predicted molar refractivity (Wildman–Crippen MR) is 116 cm³/mol. The number of amides is 1. The molecule has 0 spiro atoms. The van der Waals surface area contributed by atoms with Crippen molar-refractivity contribution in [2.45, 2.75) is 20.5 Å². The molecule has 2 rings (SSSR count). The van der Waals surface area contributed by atoms with E-state index in [-0.39, 0.29) is 11.3 Å². The first-order valence-electron chi connectivity index (χ1n) is 9.18. The molecule has 2 aromatic rings. The van der Waals surface area contributed by atoms with E-state index in [9.17, 15) is 4.79 Å². The first-order valence-corrected chi connectivity index (χ1v) is 9.98. The molecule has 0 aliphatic carbocycles. The molecule has 0 bridgehead atoms. The largest absolute Gasteiger partial charge is 0.493 e. The molecular weight excluding hydrogens is 420 g/mol. The minimum absolute atomic E-state index is 0.0169. The van der Waals surface area contributed by atoms with Gasteiger partial charge in [-0.1, -0.05) is 41.9 Å². The summed E-state index contributed by atoms with van der Waals surface area (Å²) in [6.45, 7) is 6.17. The molecule has 0 radical (unpaired) electrons. The topological polar surface area (TPSA) is 50.8 Å². The highest BCUT2D eigenvalue weighted by atomic mass is 79.9. The van der Waals surface area contributed by atoms with Crippen LogP contribution in [-0.4, -0.2) is 45.1 Å². The van der Waals surface area contributed by atoms with Crippen molar-refractivity contribution in [2.75, 3.05) is 34.3 Å². The van der Waals surface area contributed by atoms with E-state index in [1.54, 1.807) is 25.3 Å². The molecule has 0 aliphatic heterocycles. The summed E-state index contributed by atoms with van der Waals surface area (Å²) in [6, 6.07) is 13.2. The second kappa shape index (κ2) is 9.94. The Morgan fingerprint density at radius 3 is 2.39 bits per heavy atom. The quantitative estimate of drug-likeness (QED) is 0.619. The van der Waals surface area contributed by atoms with Crippen molar-refractivity contribution in [1.82, 2.24) is 10.2 Å². The Labute approximate surface area is 176 Å². The van der Waals surface area contributed by atoms with Crippen LogP contribution in [0.2, 0.25) is 0 Å². The van der Waals surface area contributed by atoms with Crippen LogP contribution >= 0.6 is 15.9 Å². The van der Waals surface area contributed by atoms with Crippen LogP contribution in [0.5, 0.6) is 11.5 Å². The number of rotatable bonds is 9. The summed E-state index contributed by atoms with van der Waals surface area (Å²) in [5, 5.41) is 3.01. The van der Waals surface area contributed by atoms with Crippen LogP contribution in [0.1, 0.15) is 29.8 Å². The lowest BCUT2D eigenvalue weighted by Gasteiger charge is -2.28. The molecule has 28 heavy (non-hydrogen) atoms. The molecule has 0 atom stereocenters. The molecule has 0 heterocycles. The van der Waals surface area contributed by atoms with E-state index in [0.717, 1.165) is 16.6 Å². The zero-order valence-electron chi connectivity index (χ0n) is 17.2. The van der Waals surface area contributed by atoms with Crippen molar-refractivity contribution < 1.29 is 14.3 Å². The Kier molecular flexibility index (Phi) is 7.89. The second-order valence-corrected chi connectivity index (χ2v) is 8.78. The number of halogens is 1. The number of nitrogens with zero attached hydrogens (tertiary/aromatic N) is 1. The maximum atomic E-state index is 12.5.